The smallest absolute Gasteiger partial charge is 0.242 e. The zero-order valence-electron chi connectivity index (χ0n) is 14.6. The summed E-state index contributed by atoms with van der Waals surface area (Å²) in [5.41, 5.74) is 5.81. The minimum atomic E-state index is -0.550. The van der Waals surface area contributed by atoms with Crippen molar-refractivity contribution in [2.24, 2.45) is 11.7 Å². The predicted molar refractivity (Wildman–Crippen MR) is 90.8 cm³/mol. The Morgan fingerprint density at radius 2 is 1.83 bits per heavy atom. The molecule has 0 radical (unpaired) electrons. The number of nitrogens with one attached hydrogen (secondary N) is 1. The van der Waals surface area contributed by atoms with Gasteiger partial charge in [-0.3, -0.25) is 9.59 Å². The van der Waals surface area contributed by atoms with Crippen molar-refractivity contribution in [1.82, 2.24) is 15.1 Å². The summed E-state index contributed by atoms with van der Waals surface area (Å²) >= 11 is 0. The molecule has 0 aromatic carbocycles. The summed E-state index contributed by atoms with van der Waals surface area (Å²) in [6.45, 7) is 7.96. The number of rotatable bonds is 6. The lowest BCUT2D eigenvalue weighted by Crippen LogP contribution is -2.50. The number of carbonyl (C=O) groups is 2. The number of nitrogens with two attached hydrogens (primary N) is 1. The highest BCUT2D eigenvalue weighted by molar-refractivity contribution is 5.87. The topological polar surface area (TPSA) is 78.7 Å². The van der Waals surface area contributed by atoms with E-state index in [0.29, 0.717) is 6.04 Å². The second-order valence-corrected chi connectivity index (χ2v) is 7.23. The van der Waals surface area contributed by atoms with Gasteiger partial charge in [0.2, 0.25) is 11.8 Å². The fourth-order valence-corrected chi connectivity index (χ4v) is 3.48. The first-order valence-corrected chi connectivity index (χ1v) is 9.04. The standard InChI is InChI=1S/C17H32N4O2/c1-13(2)16(18)17(23)19-11-15(22)21-10-6-7-14(21)12-20-8-4-3-5-9-20/h13-14,16H,3-12,18H2,1-2H3,(H,19,23)/t14?,16-/m0/s1. The highest BCUT2D eigenvalue weighted by Gasteiger charge is 2.30. The molecule has 6 heteroatoms. The molecule has 23 heavy (non-hydrogen) atoms. The van der Waals surface area contributed by atoms with Crippen LogP contribution in [-0.2, 0) is 9.59 Å². The summed E-state index contributed by atoms with van der Waals surface area (Å²) in [5, 5.41) is 2.70. The van der Waals surface area contributed by atoms with Gasteiger partial charge in [-0.25, -0.2) is 0 Å². The second kappa shape index (κ2) is 8.64. The average Bonchev–Trinajstić information content (AvgIpc) is 3.00. The van der Waals surface area contributed by atoms with Gasteiger partial charge in [0, 0.05) is 19.1 Å². The number of carbonyl (C=O) groups excluding carboxylic acids is 2. The second-order valence-electron chi connectivity index (χ2n) is 7.23. The maximum atomic E-state index is 12.4. The lowest BCUT2D eigenvalue weighted by atomic mass is 10.1. The molecule has 6 nitrogen and oxygen atoms in total. The summed E-state index contributed by atoms with van der Waals surface area (Å²) in [5.74, 6) is -0.141. The SMILES string of the molecule is CC(C)[C@H](N)C(=O)NCC(=O)N1CCCC1CN1CCCCC1. The molecule has 1 unspecified atom stereocenters. The van der Waals surface area contributed by atoms with E-state index in [9.17, 15) is 9.59 Å². The Balaban J connectivity index is 1.79. The third-order valence-electron chi connectivity index (χ3n) is 5.05. The molecule has 2 amide bonds. The van der Waals surface area contributed by atoms with Gasteiger partial charge in [-0.15, -0.1) is 0 Å². The van der Waals surface area contributed by atoms with Crippen molar-refractivity contribution in [2.75, 3.05) is 32.7 Å². The van der Waals surface area contributed by atoms with Gasteiger partial charge in [-0.05, 0) is 44.7 Å². The van der Waals surface area contributed by atoms with Gasteiger partial charge in [-0.1, -0.05) is 20.3 Å². The van der Waals surface area contributed by atoms with Crippen LogP contribution in [0, 0.1) is 5.92 Å². The van der Waals surface area contributed by atoms with E-state index in [0.717, 1.165) is 39.0 Å². The fraction of sp³-hybridized carbons (Fsp3) is 0.882. The average molecular weight is 324 g/mol. The van der Waals surface area contributed by atoms with Crippen LogP contribution in [-0.4, -0.2) is 66.4 Å². The van der Waals surface area contributed by atoms with Crippen LogP contribution in [0.3, 0.4) is 0 Å². The van der Waals surface area contributed by atoms with Crippen LogP contribution in [0.1, 0.15) is 46.0 Å². The van der Waals surface area contributed by atoms with E-state index in [1.807, 2.05) is 18.7 Å². The van der Waals surface area contributed by atoms with Crippen molar-refractivity contribution in [3.05, 3.63) is 0 Å². The van der Waals surface area contributed by atoms with E-state index in [4.69, 9.17) is 5.73 Å². The van der Waals surface area contributed by atoms with E-state index < -0.39 is 6.04 Å². The minimum Gasteiger partial charge on any atom is -0.346 e. The molecule has 2 heterocycles. The summed E-state index contributed by atoms with van der Waals surface area (Å²) < 4.78 is 0. The van der Waals surface area contributed by atoms with Gasteiger partial charge in [0.1, 0.15) is 0 Å². The molecular formula is C17H32N4O2. The van der Waals surface area contributed by atoms with Crippen LogP contribution >= 0.6 is 0 Å². The molecule has 0 spiro atoms. The van der Waals surface area contributed by atoms with Crippen LogP contribution < -0.4 is 11.1 Å². The van der Waals surface area contributed by atoms with Gasteiger partial charge in [-0.2, -0.15) is 0 Å². The van der Waals surface area contributed by atoms with Crippen molar-refractivity contribution >= 4 is 11.8 Å². The van der Waals surface area contributed by atoms with Crippen LogP contribution in [0.5, 0.6) is 0 Å². The molecular weight excluding hydrogens is 292 g/mol. The Morgan fingerprint density at radius 3 is 2.48 bits per heavy atom. The van der Waals surface area contributed by atoms with Crippen molar-refractivity contribution in [1.29, 1.82) is 0 Å². The van der Waals surface area contributed by atoms with Gasteiger partial charge < -0.3 is 20.9 Å². The van der Waals surface area contributed by atoms with Gasteiger partial charge in [0.25, 0.3) is 0 Å². The van der Waals surface area contributed by atoms with Crippen molar-refractivity contribution in [2.45, 2.75) is 58.0 Å². The number of nitrogens with zero attached hydrogens (tertiary/aromatic N) is 2. The normalized spacial score (nSPS) is 24.0. The first-order chi connectivity index (χ1) is 11.0. The van der Waals surface area contributed by atoms with E-state index in [2.05, 4.69) is 10.2 Å². The minimum absolute atomic E-state index is 0.0221. The lowest BCUT2D eigenvalue weighted by Gasteiger charge is -2.33. The van der Waals surface area contributed by atoms with Crippen LogP contribution in [0.4, 0.5) is 0 Å². The molecule has 2 rings (SSSR count). The molecule has 0 aromatic rings. The maximum Gasteiger partial charge on any atom is 0.242 e. The summed E-state index contributed by atoms with van der Waals surface area (Å²) in [7, 11) is 0. The molecule has 3 N–H and O–H groups in total. The highest BCUT2D eigenvalue weighted by Crippen LogP contribution is 2.20. The molecule has 2 atom stereocenters. The summed E-state index contributed by atoms with van der Waals surface area (Å²) in [6, 6.07) is -0.248. The Labute approximate surface area is 139 Å². The molecule has 0 aromatic heterocycles. The molecule has 0 aliphatic carbocycles. The third kappa shape index (κ3) is 5.18. The van der Waals surface area contributed by atoms with E-state index in [1.165, 1.54) is 19.3 Å². The number of hydrogen-bond acceptors (Lipinski definition) is 4. The largest absolute Gasteiger partial charge is 0.346 e. The molecule has 2 fully saturated rings. The van der Waals surface area contributed by atoms with E-state index >= 15 is 0 Å². The predicted octanol–water partition coefficient (Wildman–Crippen LogP) is 0.563. The molecule has 2 aliphatic rings. The van der Waals surface area contributed by atoms with Crippen molar-refractivity contribution in [3.63, 3.8) is 0 Å². The molecule has 132 valence electrons. The highest BCUT2D eigenvalue weighted by atomic mass is 16.2. The first kappa shape index (κ1) is 18.2. The Bertz CT molecular complexity index is 407. The van der Waals surface area contributed by atoms with Gasteiger partial charge in [0.15, 0.2) is 0 Å². The number of piperidine rings is 1. The van der Waals surface area contributed by atoms with E-state index in [-0.39, 0.29) is 24.3 Å². The fourth-order valence-electron chi connectivity index (χ4n) is 3.48. The zero-order valence-corrected chi connectivity index (χ0v) is 14.6. The first-order valence-electron chi connectivity index (χ1n) is 9.04. The molecule has 2 aliphatic heterocycles. The summed E-state index contributed by atoms with van der Waals surface area (Å²) in [4.78, 5) is 28.8. The van der Waals surface area contributed by atoms with Crippen molar-refractivity contribution < 1.29 is 9.59 Å². The maximum absolute atomic E-state index is 12.4. The zero-order chi connectivity index (χ0) is 16.8. The van der Waals surface area contributed by atoms with Crippen LogP contribution in [0.15, 0.2) is 0 Å². The Hall–Kier alpha value is -1.14. The monoisotopic (exact) mass is 324 g/mol. The van der Waals surface area contributed by atoms with Crippen LogP contribution in [0.25, 0.3) is 0 Å². The van der Waals surface area contributed by atoms with Gasteiger partial charge >= 0.3 is 0 Å². The third-order valence-corrected chi connectivity index (χ3v) is 5.05. The molecule has 0 saturated carbocycles. The van der Waals surface area contributed by atoms with E-state index in [1.54, 1.807) is 0 Å². The van der Waals surface area contributed by atoms with Crippen molar-refractivity contribution in [3.8, 4) is 0 Å². The Kier molecular flexibility index (Phi) is 6.84. The molecule has 0 bridgehead atoms. The number of amides is 2. The summed E-state index contributed by atoms with van der Waals surface area (Å²) in [6.07, 6.45) is 5.99. The number of likely N-dealkylation sites (tertiary alicyclic amines) is 2. The quantitative estimate of drug-likeness (QED) is 0.748. The Morgan fingerprint density at radius 1 is 1.13 bits per heavy atom. The van der Waals surface area contributed by atoms with Crippen LogP contribution in [0.2, 0.25) is 0 Å². The lowest BCUT2D eigenvalue weighted by molar-refractivity contribution is -0.134. The number of hydrogen-bond donors (Lipinski definition) is 2. The van der Waals surface area contributed by atoms with Gasteiger partial charge in [0.05, 0.1) is 12.6 Å². The molecule has 2 saturated heterocycles.